The first-order valence-electron chi connectivity index (χ1n) is 6.85. The quantitative estimate of drug-likeness (QED) is 0.881. The molecule has 1 heterocycles. The zero-order valence-corrected chi connectivity index (χ0v) is 14.4. The van der Waals surface area contributed by atoms with E-state index in [0.29, 0.717) is 22.5 Å². The number of primary sulfonamides is 1. The summed E-state index contributed by atoms with van der Waals surface area (Å²) in [5.41, 5.74) is 0.342. The fraction of sp³-hybridized carbons (Fsp3) is 0.500. The molecule has 0 spiro atoms. The Hall–Kier alpha value is -0.920. The van der Waals surface area contributed by atoms with E-state index < -0.39 is 10.0 Å². The smallest absolute Gasteiger partial charge is 0.255 e. The number of benzene rings is 1. The van der Waals surface area contributed by atoms with Gasteiger partial charge in [0.2, 0.25) is 10.0 Å². The van der Waals surface area contributed by atoms with Crippen molar-refractivity contribution in [2.24, 2.45) is 11.1 Å². The molecule has 116 valence electrons. The number of nitrogens with two attached hydrogens (primary N) is 1. The minimum atomic E-state index is -3.82. The summed E-state index contributed by atoms with van der Waals surface area (Å²) < 4.78 is 23.5. The van der Waals surface area contributed by atoms with E-state index in [1.807, 2.05) is 4.90 Å². The van der Waals surface area contributed by atoms with Gasteiger partial charge < -0.3 is 4.90 Å². The summed E-state index contributed by atoms with van der Waals surface area (Å²) in [6.07, 6.45) is 1.96. The minimum absolute atomic E-state index is 0.0469. The molecule has 0 radical (unpaired) electrons. The van der Waals surface area contributed by atoms with Crippen molar-refractivity contribution in [2.45, 2.75) is 37.6 Å². The third-order valence-electron chi connectivity index (χ3n) is 3.83. The normalized spacial score (nSPS) is 19.3. The van der Waals surface area contributed by atoms with Crippen molar-refractivity contribution in [3.8, 4) is 0 Å². The molecule has 1 unspecified atom stereocenters. The van der Waals surface area contributed by atoms with Crippen LogP contribution in [-0.4, -0.2) is 31.8 Å². The molecule has 0 bridgehead atoms. The van der Waals surface area contributed by atoms with Crippen LogP contribution in [0.3, 0.4) is 0 Å². The van der Waals surface area contributed by atoms with Gasteiger partial charge in [0.15, 0.2) is 0 Å². The molecular formula is C14H19BrN2O3S. The highest BCUT2D eigenvalue weighted by molar-refractivity contribution is 9.10. The molecule has 1 saturated heterocycles. The Bertz CT molecular complexity index is 658. The van der Waals surface area contributed by atoms with Crippen molar-refractivity contribution in [3.05, 3.63) is 28.2 Å². The van der Waals surface area contributed by atoms with E-state index in [-0.39, 0.29) is 16.8 Å². The van der Waals surface area contributed by atoms with Gasteiger partial charge in [-0.3, -0.25) is 4.79 Å². The van der Waals surface area contributed by atoms with Gasteiger partial charge in [0.1, 0.15) is 0 Å². The Morgan fingerprint density at radius 3 is 2.67 bits per heavy atom. The average Bonchev–Trinajstić information content (AvgIpc) is 2.86. The van der Waals surface area contributed by atoms with Crippen LogP contribution in [0.4, 0.5) is 0 Å². The van der Waals surface area contributed by atoms with Crippen LogP contribution in [0.2, 0.25) is 0 Å². The monoisotopic (exact) mass is 374 g/mol. The van der Waals surface area contributed by atoms with E-state index in [4.69, 9.17) is 5.14 Å². The van der Waals surface area contributed by atoms with E-state index in [9.17, 15) is 13.2 Å². The van der Waals surface area contributed by atoms with Gasteiger partial charge in [-0.2, -0.15) is 0 Å². The molecule has 1 atom stereocenters. The second-order valence-corrected chi connectivity index (χ2v) is 8.05. The Morgan fingerprint density at radius 2 is 2.10 bits per heavy atom. The van der Waals surface area contributed by atoms with Crippen LogP contribution < -0.4 is 5.14 Å². The lowest BCUT2D eigenvalue weighted by Gasteiger charge is -2.28. The predicted molar refractivity (Wildman–Crippen MR) is 84.4 cm³/mol. The van der Waals surface area contributed by atoms with E-state index in [2.05, 4.69) is 29.8 Å². The molecule has 1 aromatic rings. The van der Waals surface area contributed by atoms with Crippen LogP contribution in [0.1, 0.15) is 37.0 Å². The van der Waals surface area contributed by atoms with Gasteiger partial charge in [0, 0.05) is 17.1 Å². The molecule has 2 N–H and O–H groups in total. The second kappa shape index (κ2) is 6.06. The van der Waals surface area contributed by atoms with Crippen LogP contribution in [0, 0.1) is 5.92 Å². The number of halogens is 1. The third-order valence-corrected chi connectivity index (χ3v) is 5.43. The van der Waals surface area contributed by atoms with Crippen molar-refractivity contribution >= 4 is 31.9 Å². The number of carbonyl (C=O) groups excluding carboxylic acids is 1. The number of likely N-dealkylation sites (tertiary alicyclic amines) is 1. The Balaban J connectivity index is 2.39. The number of hydrogen-bond acceptors (Lipinski definition) is 3. The van der Waals surface area contributed by atoms with Crippen LogP contribution in [-0.2, 0) is 10.0 Å². The maximum absolute atomic E-state index is 12.7. The first kappa shape index (κ1) is 16.5. The number of amides is 1. The zero-order chi connectivity index (χ0) is 15.8. The predicted octanol–water partition coefficient (Wildman–Crippen LogP) is 2.36. The standard InChI is InChI=1S/C14H19BrN2O3S/c1-9(2)13-4-3-7-17(13)14(18)11-8-10(21(16,19)20)5-6-12(11)15/h5-6,8-9,13H,3-4,7H2,1-2H3,(H2,16,19,20). The van der Waals surface area contributed by atoms with Crippen molar-refractivity contribution in [1.82, 2.24) is 4.90 Å². The number of carbonyl (C=O) groups is 1. The van der Waals surface area contributed by atoms with Crippen molar-refractivity contribution < 1.29 is 13.2 Å². The van der Waals surface area contributed by atoms with Crippen LogP contribution in [0.25, 0.3) is 0 Å². The SMILES string of the molecule is CC(C)C1CCCN1C(=O)c1cc(S(N)(=O)=O)ccc1Br. The molecule has 1 aliphatic heterocycles. The highest BCUT2D eigenvalue weighted by Gasteiger charge is 2.32. The lowest BCUT2D eigenvalue weighted by Crippen LogP contribution is -2.38. The van der Waals surface area contributed by atoms with Gasteiger partial charge in [0.25, 0.3) is 5.91 Å². The largest absolute Gasteiger partial charge is 0.335 e. The first-order chi connectivity index (χ1) is 9.71. The Labute approximate surface area is 133 Å². The topological polar surface area (TPSA) is 80.5 Å². The summed E-state index contributed by atoms with van der Waals surface area (Å²) in [5.74, 6) is 0.222. The molecule has 0 saturated carbocycles. The Morgan fingerprint density at radius 1 is 1.43 bits per heavy atom. The summed E-state index contributed by atoms with van der Waals surface area (Å²) in [4.78, 5) is 14.5. The molecular weight excluding hydrogens is 356 g/mol. The van der Waals surface area contributed by atoms with Gasteiger partial charge in [0.05, 0.1) is 10.5 Å². The zero-order valence-electron chi connectivity index (χ0n) is 12.0. The number of hydrogen-bond donors (Lipinski definition) is 1. The molecule has 2 rings (SSSR count). The summed E-state index contributed by atoms with van der Waals surface area (Å²) >= 11 is 3.32. The average molecular weight is 375 g/mol. The maximum atomic E-state index is 12.7. The van der Waals surface area contributed by atoms with Crippen molar-refractivity contribution in [2.75, 3.05) is 6.54 Å². The van der Waals surface area contributed by atoms with Gasteiger partial charge in [-0.25, -0.2) is 13.6 Å². The number of rotatable bonds is 3. The first-order valence-corrected chi connectivity index (χ1v) is 9.19. The number of nitrogens with zero attached hydrogens (tertiary/aromatic N) is 1. The molecule has 1 aliphatic rings. The summed E-state index contributed by atoms with van der Waals surface area (Å²) in [7, 11) is -3.82. The highest BCUT2D eigenvalue weighted by atomic mass is 79.9. The highest BCUT2D eigenvalue weighted by Crippen LogP contribution is 2.28. The third kappa shape index (κ3) is 3.46. The fourth-order valence-electron chi connectivity index (χ4n) is 2.74. The van der Waals surface area contributed by atoms with Crippen LogP contribution in [0.5, 0.6) is 0 Å². The molecule has 1 amide bonds. The lowest BCUT2D eigenvalue weighted by molar-refractivity contribution is 0.0700. The molecule has 7 heteroatoms. The molecule has 0 aliphatic carbocycles. The second-order valence-electron chi connectivity index (χ2n) is 5.64. The van der Waals surface area contributed by atoms with E-state index in [1.165, 1.54) is 12.1 Å². The van der Waals surface area contributed by atoms with Crippen molar-refractivity contribution in [3.63, 3.8) is 0 Å². The van der Waals surface area contributed by atoms with Gasteiger partial charge in [-0.15, -0.1) is 0 Å². The van der Waals surface area contributed by atoms with Gasteiger partial charge >= 0.3 is 0 Å². The molecule has 1 aromatic carbocycles. The molecule has 5 nitrogen and oxygen atoms in total. The lowest BCUT2D eigenvalue weighted by atomic mass is 10.0. The van der Waals surface area contributed by atoms with Crippen LogP contribution >= 0.6 is 15.9 Å². The molecule has 21 heavy (non-hydrogen) atoms. The van der Waals surface area contributed by atoms with E-state index in [0.717, 1.165) is 12.8 Å². The summed E-state index contributed by atoms with van der Waals surface area (Å²) in [5, 5.41) is 5.14. The van der Waals surface area contributed by atoms with Crippen LogP contribution in [0.15, 0.2) is 27.6 Å². The minimum Gasteiger partial charge on any atom is -0.335 e. The maximum Gasteiger partial charge on any atom is 0.255 e. The fourth-order valence-corrected chi connectivity index (χ4v) is 3.69. The van der Waals surface area contributed by atoms with Gasteiger partial charge in [-0.05, 0) is 52.9 Å². The molecule has 0 aromatic heterocycles. The van der Waals surface area contributed by atoms with Crippen molar-refractivity contribution in [1.29, 1.82) is 0 Å². The molecule has 1 fully saturated rings. The summed E-state index contributed by atoms with van der Waals surface area (Å²) in [6.45, 7) is 4.88. The number of sulfonamides is 1. The summed E-state index contributed by atoms with van der Waals surface area (Å²) in [6, 6.07) is 4.48. The van der Waals surface area contributed by atoms with E-state index in [1.54, 1.807) is 6.07 Å². The Kier molecular flexibility index (Phi) is 4.75. The van der Waals surface area contributed by atoms with Gasteiger partial charge in [-0.1, -0.05) is 13.8 Å². The van der Waals surface area contributed by atoms with E-state index >= 15 is 0 Å².